The largest absolute Gasteiger partial charge is 0.311 e. The van der Waals surface area contributed by atoms with E-state index in [1.165, 1.54) is 0 Å². The number of carbonyl (C=O) groups is 1. The fourth-order valence-electron chi connectivity index (χ4n) is 2.94. The summed E-state index contributed by atoms with van der Waals surface area (Å²) in [5.41, 5.74) is 1.98. The Morgan fingerprint density at radius 1 is 1.12 bits per heavy atom. The monoisotopic (exact) mass is 350 g/mol. The first-order chi connectivity index (χ1) is 12.3. The Labute approximate surface area is 150 Å². The van der Waals surface area contributed by atoms with Gasteiger partial charge in [-0.2, -0.15) is 0 Å². The van der Waals surface area contributed by atoms with Gasteiger partial charge in [-0.1, -0.05) is 24.3 Å². The SMILES string of the molecule is O=C1C[C@@H](NCc2cnc(-c3cccs3)nc2)CN1c1ccccc1. The number of thiophene rings is 1. The van der Waals surface area contributed by atoms with Crippen molar-refractivity contribution in [3.63, 3.8) is 0 Å². The van der Waals surface area contributed by atoms with E-state index in [1.54, 1.807) is 11.3 Å². The second-order valence-corrected chi connectivity index (χ2v) is 6.96. The summed E-state index contributed by atoms with van der Waals surface area (Å²) < 4.78 is 0. The minimum Gasteiger partial charge on any atom is -0.311 e. The molecule has 0 aliphatic carbocycles. The van der Waals surface area contributed by atoms with Gasteiger partial charge in [0.05, 0.1) is 4.88 Å². The van der Waals surface area contributed by atoms with E-state index in [-0.39, 0.29) is 11.9 Å². The van der Waals surface area contributed by atoms with Crippen LogP contribution in [0.15, 0.2) is 60.2 Å². The molecular formula is C19H18N4OS. The minimum atomic E-state index is 0.143. The highest BCUT2D eigenvalue weighted by Crippen LogP contribution is 2.22. The average Bonchev–Trinajstić information content (AvgIpc) is 3.31. The summed E-state index contributed by atoms with van der Waals surface area (Å²) in [6.45, 7) is 1.35. The van der Waals surface area contributed by atoms with E-state index in [0.717, 1.165) is 22.0 Å². The molecule has 0 bridgehead atoms. The van der Waals surface area contributed by atoms with Gasteiger partial charge in [-0.25, -0.2) is 9.97 Å². The Morgan fingerprint density at radius 3 is 2.64 bits per heavy atom. The fourth-order valence-corrected chi connectivity index (χ4v) is 3.61. The molecule has 0 saturated carbocycles. The van der Waals surface area contributed by atoms with Crippen molar-refractivity contribution in [3.8, 4) is 10.7 Å². The molecule has 1 saturated heterocycles. The molecule has 0 spiro atoms. The fraction of sp³-hybridized carbons (Fsp3) is 0.211. The third kappa shape index (κ3) is 3.60. The van der Waals surface area contributed by atoms with Gasteiger partial charge in [0.15, 0.2) is 5.82 Å². The Balaban J connectivity index is 1.35. The van der Waals surface area contributed by atoms with Gasteiger partial charge < -0.3 is 10.2 Å². The molecule has 1 amide bonds. The molecule has 1 aliphatic heterocycles. The van der Waals surface area contributed by atoms with Gasteiger partial charge in [-0.15, -0.1) is 11.3 Å². The Morgan fingerprint density at radius 2 is 1.92 bits per heavy atom. The first-order valence-corrected chi connectivity index (χ1v) is 9.11. The lowest BCUT2D eigenvalue weighted by atomic mass is 10.2. The van der Waals surface area contributed by atoms with Crippen molar-refractivity contribution in [2.24, 2.45) is 0 Å². The number of para-hydroxylation sites is 1. The molecule has 1 aromatic carbocycles. The van der Waals surface area contributed by atoms with Crippen LogP contribution in [0.4, 0.5) is 5.69 Å². The highest BCUT2D eigenvalue weighted by Gasteiger charge is 2.30. The van der Waals surface area contributed by atoms with Gasteiger partial charge in [-0.05, 0) is 23.6 Å². The summed E-state index contributed by atoms with van der Waals surface area (Å²) in [6.07, 6.45) is 4.21. The number of aromatic nitrogens is 2. The molecule has 2 aromatic heterocycles. The molecule has 3 heterocycles. The first kappa shape index (κ1) is 15.9. The Bertz CT molecular complexity index is 834. The van der Waals surface area contributed by atoms with Gasteiger partial charge in [0, 0.05) is 49.2 Å². The van der Waals surface area contributed by atoms with Crippen LogP contribution < -0.4 is 10.2 Å². The van der Waals surface area contributed by atoms with Crippen LogP contribution in [0.2, 0.25) is 0 Å². The number of hydrogen-bond donors (Lipinski definition) is 1. The molecule has 1 aliphatic rings. The number of rotatable bonds is 5. The topological polar surface area (TPSA) is 58.1 Å². The van der Waals surface area contributed by atoms with Crippen LogP contribution in [0, 0.1) is 0 Å². The van der Waals surface area contributed by atoms with Crippen molar-refractivity contribution in [2.45, 2.75) is 19.0 Å². The molecule has 126 valence electrons. The van der Waals surface area contributed by atoms with Gasteiger partial charge in [0.25, 0.3) is 0 Å². The normalized spacial score (nSPS) is 17.2. The van der Waals surface area contributed by atoms with Crippen molar-refractivity contribution < 1.29 is 4.79 Å². The molecule has 0 radical (unpaired) electrons. The van der Waals surface area contributed by atoms with Crippen LogP contribution in [-0.2, 0) is 11.3 Å². The number of amides is 1. The van der Waals surface area contributed by atoms with Crippen molar-refractivity contribution >= 4 is 22.9 Å². The maximum atomic E-state index is 12.2. The van der Waals surface area contributed by atoms with Crippen molar-refractivity contribution in [1.29, 1.82) is 0 Å². The predicted octanol–water partition coefficient (Wildman–Crippen LogP) is 3.10. The van der Waals surface area contributed by atoms with Gasteiger partial charge in [-0.3, -0.25) is 4.79 Å². The number of nitrogens with zero attached hydrogens (tertiary/aromatic N) is 3. The third-order valence-corrected chi connectivity index (χ3v) is 5.10. The number of carbonyl (C=O) groups excluding carboxylic acids is 1. The van der Waals surface area contributed by atoms with Gasteiger partial charge in [0.2, 0.25) is 5.91 Å². The average molecular weight is 350 g/mol. The zero-order valence-corrected chi connectivity index (χ0v) is 14.4. The van der Waals surface area contributed by atoms with E-state index in [0.29, 0.717) is 19.5 Å². The Kier molecular flexibility index (Phi) is 4.54. The summed E-state index contributed by atoms with van der Waals surface area (Å²) in [6, 6.07) is 14.0. The molecule has 6 heteroatoms. The lowest BCUT2D eigenvalue weighted by molar-refractivity contribution is -0.117. The van der Waals surface area contributed by atoms with E-state index >= 15 is 0 Å². The predicted molar refractivity (Wildman–Crippen MR) is 99.4 cm³/mol. The second kappa shape index (κ2) is 7.13. The van der Waals surface area contributed by atoms with Crippen LogP contribution >= 0.6 is 11.3 Å². The highest BCUT2D eigenvalue weighted by molar-refractivity contribution is 7.13. The van der Waals surface area contributed by atoms with Crippen molar-refractivity contribution in [1.82, 2.24) is 15.3 Å². The van der Waals surface area contributed by atoms with Crippen LogP contribution in [0.5, 0.6) is 0 Å². The zero-order chi connectivity index (χ0) is 17.1. The summed E-state index contributed by atoms with van der Waals surface area (Å²) in [5, 5.41) is 5.46. The molecule has 3 aromatic rings. The number of benzene rings is 1. The van der Waals surface area contributed by atoms with E-state index in [2.05, 4.69) is 15.3 Å². The molecule has 25 heavy (non-hydrogen) atoms. The third-order valence-electron chi connectivity index (χ3n) is 4.23. The van der Waals surface area contributed by atoms with Crippen molar-refractivity contribution in [3.05, 3.63) is 65.8 Å². The molecule has 1 fully saturated rings. The second-order valence-electron chi connectivity index (χ2n) is 6.01. The van der Waals surface area contributed by atoms with Crippen molar-refractivity contribution in [2.75, 3.05) is 11.4 Å². The number of nitrogens with one attached hydrogen (secondary N) is 1. The summed E-state index contributed by atoms with van der Waals surface area (Å²) in [7, 11) is 0. The summed E-state index contributed by atoms with van der Waals surface area (Å²) >= 11 is 1.63. The molecule has 1 N–H and O–H groups in total. The highest BCUT2D eigenvalue weighted by atomic mass is 32.1. The molecule has 0 unspecified atom stereocenters. The lowest BCUT2D eigenvalue weighted by Crippen LogP contribution is -2.32. The van der Waals surface area contributed by atoms with Crippen LogP contribution in [0.3, 0.4) is 0 Å². The molecule has 1 atom stereocenters. The lowest BCUT2D eigenvalue weighted by Gasteiger charge is -2.17. The molecule has 4 rings (SSSR count). The van der Waals surface area contributed by atoms with Gasteiger partial charge >= 0.3 is 0 Å². The molecular weight excluding hydrogens is 332 g/mol. The summed E-state index contributed by atoms with van der Waals surface area (Å²) in [4.78, 5) is 24.0. The number of hydrogen-bond acceptors (Lipinski definition) is 5. The Hall–Kier alpha value is -2.57. The number of anilines is 1. The van der Waals surface area contributed by atoms with Crippen LogP contribution in [0.1, 0.15) is 12.0 Å². The van der Waals surface area contributed by atoms with E-state index in [9.17, 15) is 4.79 Å². The van der Waals surface area contributed by atoms with Crippen LogP contribution in [-0.4, -0.2) is 28.5 Å². The first-order valence-electron chi connectivity index (χ1n) is 8.23. The van der Waals surface area contributed by atoms with Crippen LogP contribution in [0.25, 0.3) is 10.7 Å². The quantitative estimate of drug-likeness (QED) is 0.768. The van der Waals surface area contributed by atoms with Gasteiger partial charge in [0.1, 0.15) is 0 Å². The standard InChI is InChI=1S/C19H18N4OS/c24-18-9-15(13-23(18)16-5-2-1-3-6-16)20-10-14-11-21-19(22-12-14)17-7-4-8-25-17/h1-8,11-12,15,20H,9-10,13H2/t15-/m1/s1. The maximum Gasteiger partial charge on any atom is 0.228 e. The van der Waals surface area contributed by atoms with E-state index < -0.39 is 0 Å². The zero-order valence-electron chi connectivity index (χ0n) is 13.6. The maximum absolute atomic E-state index is 12.2. The van der Waals surface area contributed by atoms with E-state index in [1.807, 2.05) is 65.1 Å². The summed E-state index contributed by atoms with van der Waals surface area (Å²) in [5.74, 6) is 0.915. The minimum absolute atomic E-state index is 0.143. The smallest absolute Gasteiger partial charge is 0.228 e. The van der Waals surface area contributed by atoms with E-state index in [4.69, 9.17) is 0 Å². The molecule has 5 nitrogen and oxygen atoms in total.